The predicted octanol–water partition coefficient (Wildman–Crippen LogP) is 1.90. The van der Waals surface area contributed by atoms with Gasteiger partial charge in [-0.3, -0.25) is 0 Å². The third kappa shape index (κ3) is 3.09. The normalized spacial score (nSPS) is 20.3. The summed E-state index contributed by atoms with van der Waals surface area (Å²) in [7, 11) is 0. The third-order valence-corrected chi connectivity index (χ3v) is 3.76. The number of nitrogens with zero attached hydrogens (tertiary/aromatic N) is 1. The molecule has 0 spiro atoms. The Morgan fingerprint density at radius 3 is 2.47 bits per heavy atom. The minimum atomic E-state index is -0.779. The lowest BCUT2D eigenvalue weighted by Crippen LogP contribution is -2.42. The molecule has 0 aromatic rings. The highest BCUT2D eigenvalue weighted by Crippen LogP contribution is 2.38. The van der Waals surface area contributed by atoms with Crippen molar-refractivity contribution in [3.05, 3.63) is 0 Å². The topological polar surface area (TPSA) is 66.6 Å². The van der Waals surface area contributed by atoms with Crippen LogP contribution in [0.3, 0.4) is 0 Å². The van der Waals surface area contributed by atoms with Crippen LogP contribution in [-0.2, 0) is 0 Å². The molecule has 0 bridgehead atoms. The summed E-state index contributed by atoms with van der Waals surface area (Å²) in [6.45, 7) is 4.32. The second kappa shape index (κ2) is 5.35. The number of amides is 1. The van der Waals surface area contributed by atoms with Gasteiger partial charge in [0.15, 0.2) is 0 Å². The fraction of sp³-hybridized carbons (Fsp3) is 0.909. The highest BCUT2D eigenvalue weighted by molar-refractivity contribution is 5.65. The summed E-state index contributed by atoms with van der Waals surface area (Å²) in [6, 6.07) is 0. The van der Waals surface area contributed by atoms with Crippen LogP contribution in [0.1, 0.15) is 39.0 Å². The molecule has 0 radical (unpaired) electrons. The maximum atomic E-state index is 10.8. The maximum absolute atomic E-state index is 10.8. The molecule has 1 amide bonds. The fourth-order valence-corrected chi connectivity index (χ4v) is 2.43. The molecule has 88 valence electrons. The van der Waals surface area contributed by atoms with Gasteiger partial charge in [0.1, 0.15) is 0 Å². The Hall–Kier alpha value is -0.770. The van der Waals surface area contributed by atoms with Gasteiger partial charge in [-0.1, -0.05) is 13.3 Å². The van der Waals surface area contributed by atoms with Crippen LogP contribution < -0.4 is 5.73 Å². The van der Waals surface area contributed by atoms with Crippen molar-refractivity contribution in [2.45, 2.75) is 39.0 Å². The second-order valence-corrected chi connectivity index (χ2v) is 4.52. The number of likely N-dealkylation sites (tertiary alicyclic amines) is 1. The van der Waals surface area contributed by atoms with Crippen molar-refractivity contribution in [3.63, 3.8) is 0 Å². The van der Waals surface area contributed by atoms with Crippen LogP contribution >= 0.6 is 0 Å². The van der Waals surface area contributed by atoms with E-state index in [2.05, 4.69) is 6.92 Å². The molecule has 1 rings (SSSR count). The lowest BCUT2D eigenvalue weighted by Gasteiger charge is -2.40. The summed E-state index contributed by atoms with van der Waals surface area (Å²) in [4.78, 5) is 12.3. The van der Waals surface area contributed by atoms with Crippen LogP contribution in [-0.4, -0.2) is 35.7 Å². The van der Waals surface area contributed by atoms with Gasteiger partial charge in [0, 0.05) is 13.1 Å². The van der Waals surface area contributed by atoms with Crippen molar-refractivity contribution >= 4 is 6.09 Å². The van der Waals surface area contributed by atoms with Crippen LogP contribution in [0.2, 0.25) is 0 Å². The lowest BCUT2D eigenvalue weighted by molar-refractivity contribution is 0.0803. The Morgan fingerprint density at radius 1 is 1.47 bits per heavy atom. The number of nitrogens with two attached hydrogens (primary N) is 1. The Bertz CT molecular complexity index is 211. The van der Waals surface area contributed by atoms with Crippen molar-refractivity contribution < 1.29 is 9.90 Å². The van der Waals surface area contributed by atoms with Gasteiger partial charge in [-0.25, -0.2) is 4.79 Å². The standard InChI is InChI=1S/C11H22N2O2/c1-2-11(4-3-7-12)5-8-13(9-6-11)10(14)15/h2-9,12H2,1H3,(H,14,15). The maximum Gasteiger partial charge on any atom is 0.407 e. The summed E-state index contributed by atoms with van der Waals surface area (Å²) >= 11 is 0. The zero-order chi connectivity index (χ0) is 11.3. The summed E-state index contributed by atoms with van der Waals surface area (Å²) in [6.07, 6.45) is 4.55. The first-order valence-corrected chi connectivity index (χ1v) is 5.81. The van der Waals surface area contributed by atoms with Gasteiger partial charge in [0.05, 0.1) is 0 Å². The molecule has 0 aliphatic carbocycles. The Morgan fingerprint density at radius 2 is 2.07 bits per heavy atom. The van der Waals surface area contributed by atoms with E-state index in [9.17, 15) is 4.79 Å². The van der Waals surface area contributed by atoms with Crippen LogP contribution in [0.25, 0.3) is 0 Å². The SMILES string of the molecule is CCC1(CCCN)CCN(C(=O)O)CC1. The minimum Gasteiger partial charge on any atom is -0.465 e. The first-order valence-electron chi connectivity index (χ1n) is 5.81. The van der Waals surface area contributed by atoms with Gasteiger partial charge in [0.2, 0.25) is 0 Å². The zero-order valence-electron chi connectivity index (χ0n) is 9.54. The first-order chi connectivity index (χ1) is 7.13. The molecule has 4 heteroatoms. The second-order valence-electron chi connectivity index (χ2n) is 4.52. The van der Waals surface area contributed by atoms with Gasteiger partial charge < -0.3 is 15.7 Å². The summed E-state index contributed by atoms with van der Waals surface area (Å²) in [5.41, 5.74) is 5.88. The largest absolute Gasteiger partial charge is 0.465 e. The molecular formula is C11H22N2O2. The highest BCUT2D eigenvalue weighted by Gasteiger charge is 2.33. The molecule has 1 aliphatic rings. The number of hydrogen-bond acceptors (Lipinski definition) is 2. The van der Waals surface area contributed by atoms with Crippen molar-refractivity contribution in [3.8, 4) is 0 Å². The molecular weight excluding hydrogens is 192 g/mol. The van der Waals surface area contributed by atoms with E-state index >= 15 is 0 Å². The van der Waals surface area contributed by atoms with Gasteiger partial charge in [-0.15, -0.1) is 0 Å². The highest BCUT2D eigenvalue weighted by atomic mass is 16.4. The fourth-order valence-electron chi connectivity index (χ4n) is 2.43. The Kier molecular flexibility index (Phi) is 4.39. The smallest absolute Gasteiger partial charge is 0.407 e. The van der Waals surface area contributed by atoms with Crippen LogP contribution in [0, 0.1) is 5.41 Å². The molecule has 1 aliphatic heterocycles. The summed E-state index contributed by atoms with van der Waals surface area (Å²) < 4.78 is 0. The molecule has 1 fully saturated rings. The molecule has 0 aromatic heterocycles. The number of piperidine rings is 1. The molecule has 0 atom stereocenters. The first kappa shape index (κ1) is 12.3. The van der Waals surface area contributed by atoms with Crippen LogP contribution in [0.15, 0.2) is 0 Å². The molecule has 1 saturated heterocycles. The van der Waals surface area contributed by atoms with Crippen molar-refractivity contribution in [2.24, 2.45) is 11.1 Å². The molecule has 15 heavy (non-hydrogen) atoms. The molecule has 0 saturated carbocycles. The summed E-state index contributed by atoms with van der Waals surface area (Å²) in [5.74, 6) is 0. The number of carbonyl (C=O) groups is 1. The van der Waals surface area contributed by atoms with Crippen LogP contribution in [0.4, 0.5) is 4.79 Å². The van der Waals surface area contributed by atoms with Gasteiger partial charge >= 0.3 is 6.09 Å². The van der Waals surface area contributed by atoms with E-state index in [0.29, 0.717) is 18.5 Å². The molecule has 0 unspecified atom stereocenters. The van der Waals surface area contributed by atoms with Gasteiger partial charge in [-0.2, -0.15) is 0 Å². The van der Waals surface area contributed by atoms with Crippen LogP contribution in [0.5, 0.6) is 0 Å². The Balaban J connectivity index is 2.46. The minimum absolute atomic E-state index is 0.353. The average Bonchev–Trinajstić information content (AvgIpc) is 2.27. The zero-order valence-corrected chi connectivity index (χ0v) is 9.54. The molecule has 4 nitrogen and oxygen atoms in total. The quantitative estimate of drug-likeness (QED) is 0.751. The monoisotopic (exact) mass is 214 g/mol. The Labute approximate surface area is 91.4 Å². The van der Waals surface area contributed by atoms with Crippen molar-refractivity contribution in [1.82, 2.24) is 4.90 Å². The number of hydrogen-bond donors (Lipinski definition) is 2. The van der Waals surface area contributed by atoms with E-state index < -0.39 is 6.09 Å². The number of carboxylic acid groups (broad SMARTS) is 1. The molecule has 3 N–H and O–H groups in total. The van der Waals surface area contributed by atoms with E-state index in [0.717, 1.165) is 38.6 Å². The van der Waals surface area contributed by atoms with E-state index in [1.165, 1.54) is 4.90 Å². The van der Waals surface area contributed by atoms with Gasteiger partial charge in [-0.05, 0) is 37.6 Å². The van der Waals surface area contributed by atoms with E-state index in [-0.39, 0.29) is 0 Å². The van der Waals surface area contributed by atoms with E-state index in [1.54, 1.807) is 0 Å². The van der Waals surface area contributed by atoms with E-state index in [4.69, 9.17) is 10.8 Å². The van der Waals surface area contributed by atoms with Gasteiger partial charge in [0.25, 0.3) is 0 Å². The molecule has 0 aromatic carbocycles. The van der Waals surface area contributed by atoms with Crippen molar-refractivity contribution in [2.75, 3.05) is 19.6 Å². The lowest BCUT2D eigenvalue weighted by atomic mass is 9.73. The van der Waals surface area contributed by atoms with Crippen molar-refractivity contribution in [1.29, 1.82) is 0 Å². The number of rotatable bonds is 4. The average molecular weight is 214 g/mol. The van der Waals surface area contributed by atoms with E-state index in [1.807, 2.05) is 0 Å². The summed E-state index contributed by atoms with van der Waals surface area (Å²) in [5, 5.41) is 8.86. The molecule has 1 heterocycles. The third-order valence-electron chi connectivity index (χ3n) is 3.76. The predicted molar refractivity (Wildman–Crippen MR) is 59.8 cm³/mol.